The van der Waals surface area contributed by atoms with Gasteiger partial charge in [0, 0.05) is 5.56 Å². The largest absolute Gasteiger partial charge is 0.493 e. The quantitative estimate of drug-likeness (QED) is 0.455. The van der Waals surface area contributed by atoms with E-state index in [1.165, 1.54) is 27.4 Å². The van der Waals surface area contributed by atoms with Gasteiger partial charge in [0.1, 0.15) is 11.6 Å². The summed E-state index contributed by atoms with van der Waals surface area (Å²) in [5.41, 5.74) is 2.06. The lowest BCUT2D eigenvalue weighted by Crippen LogP contribution is -2.02. The molecule has 0 aromatic heterocycles. The Labute approximate surface area is 147 Å². The summed E-state index contributed by atoms with van der Waals surface area (Å²) in [4.78, 5) is 12.6. The number of Topliss-reactive ketones (excluding diaryl/α,β-unsaturated/α-hetero) is 1. The molecule has 2 aromatic carbocycles. The average molecular weight is 337 g/mol. The summed E-state index contributed by atoms with van der Waals surface area (Å²) >= 11 is 0. The minimum atomic E-state index is -0.333. The van der Waals surface area contributed by atoms with Gasteiger partial charge in [-0.1, -0.05) is 23.8 Å². The summed E-state index contributed by atoms with van der Waals surface area (Å²) in [5, 5.41) is 9.42. The highest BCUT2D eigenvalue weighted by Gasteiger charge is 2.15. The number of benzene rings is 2. The molecule has 0 radical (unpaired) electrons. The van der Waals surface area contributed by atoms with E-state index in [2.05, 4.69) is 0 Å². The molecular weight excluding hydrogens is 318 g/mol. The first kappa shape index (κ1) is 18.1. The molecule has 0 saturated heterocycles. The van der Waals surface area contributed by atoms with Crippen LogP contribution in [0.3, 0.4) is 0 Å². The molecule has 0 aliphatic rings. The molecule has 0 N–H and O–H groups in total. The zero-order chi connectivity index (χ0) is 18.4. The predicted octanol–water partition coefficient (Wildman–Crippen LogP) is 3.81. The summed E-state index contributed by atoms with van der Waals surface area (Å²) in [6.45, 7) is 1.89. The van der Waals surface area contributed by atoms with Crippen molar-refractivity contribution >= 4 is 11.9 Å². The Morgan fingerprint density at radius 3 is 2.16 bits per heavy atom. The van der Waals surface area contributed by atoms with Crippen LogP contribution in [0.2, 0.25) is 0 Å². The summed E-state index contributed by atoms with van der Waals surface area (Å²) in [7, 11) is 4.53. The SMILES string of the molecule is COc1cc(/C=C(\C#N)C(=O)c2cccc(C)c2)cc(OC)c1OC. The van der Waals surface area contributed by atoms with Gasteiger partial charge in [0.05, 0.1) is 21.3 Å². The van der Waals surface area contributed by atoms with Gasteiger partial charge in [-0.05, 0) is 36.8 Å². The molecule has 0 aliphatic heterocycles. The van der Waals surface area contributed by atoms with Crippen LogP contribution < -0.4 is 14.2 Å². The van der Waals surface area contributed by atoms with E-state index in [0.29, 0.717) is 28.4 Å². The first-order chi connectivity index (χ1) is 12.0. The number of nitriles is 1. The lowest BCUT2D eigenvalue weighted by Gasteiger charge is -2.13. The maximum atomic E-state index is 12.6. The number of nitrogens with zero attached hydrogens (tertiary/aromatic N) is 1. The van der Waals surface area contributed by atoms with E-state index in [1.54, 1.807) is 30.3 Å². The fourth-order valence-corrected chi connectivity index (χ4v) is 2.44. The molecule has 0 amide bonds. The Hall–Kier alpha value is -3.26. The maximum Gasteiger partial charge on any atom is 0.203 e. The minimum Gasteiger partial charge on any atom is -0.493 e. The molecule has 5 heteroatoms. The molecule has 2 aromatic rings. The van der Waals surface area contributed by atoms with Gasteiger partial charge in [-0.3, -0.25) is 4.79 Å². The topological polar surface area (TPSA) is 68.5 Å². The highest BCUT2D eigenvalue weighted by atomic mass is 16.5. The van der Waals surface area contributed by atoms with E-state index < -0.39 is 0 Å². The Bertz CT molecular complexity index is 837. The maximum absolute atomic E-state index is 12.6. The van der Waals surface area contributed by atoms with Gasteiger partial charge in [0.25, 0.3) is 0 Å². The Morgan fingerprint density at radius 1 is 1.04 bits per heavy atom. The second kappa shape index (κ2) is 8.02. The van der Waals surface area contributed by atoms with Crippen molar-refractivity contribution in [1.29, 1.82) is 5.26 Å². The van der Waals surface area contributed by atoms with Gasteiger partial charge in [-0.2, -0.15) is 5.26 Å². The fourth-order valence-electron chi connectivity index (χ4n) is 2.44. The van der Waals surface area contributed by atoms with Gasteiger partial charge >= 0.3 is 0 Å². The Balaban J connectivity index is 2.49. The molecule has 128 valence electrons. The predicted molar refractivity (Wildman–Crippen MR) is 95.2 cm³/mol. The van der Waals surface area contributed by atoms with E-state index in [-0.39, 0.29) is 11.4 Å². The van der Waals surface area contributed by atoms with Crippen LogP contribution in [-0.2, 0) is 0 Å². The number of carbonyl (C=O) groups is 1. The third kappa shape index (κ3) is 3.99. The van der Waals surface area contributed by atoms with Gasteiger partial charge in [-0.25, -0.2) is 0 Å². The van der Waals surface area contributed by atoms with Gasteiger partial charge in [0.15, 0.2) is 11.5 Å². The molecular formula is C20H19NO4. The molecule has 0 saturated carbocycles. The molecule has 5 nitrogen and oxygen atoms in total. The second-order valence-corrected chi connectivity index (χ2v) is 5.33. The van der Waals surface area contributed by atoms with Crippen LogP contribution >= 0.6 is 0 Å². The summed E-state index contributed by atoms with van der Waals surface area (Å²) in [6.07, 6.45) is 1.51. The van der Waals surface area contributed by atoms with Crippen molar-refractivity contribution in [3.05, 3.63) is 58.7 Å². The zero-order valence-corrected chi connectivity index (χ0v) is 14.6. The van der Waals surface area contributed by atoms with Crippen molar-refractivity contribution in [3.8, 4) is 23.3 Å². The Morgan fingerprint density at radius 2 is 1.68 bits per heavy atom. The molecule has 0 atom stereocenters. The van der Waals surface area contributed by atoms with Crippen LogP contribution in [0.15, 0.2) is 42.0 Å². The third-order valence-electron chi connectivity index (χ3n) is 3.64. The van der Waals surface area contributed by atoms with E-state index in [9.17, 15) is 10.1 Å². The van der Waals surface area contributed by atoms with E-state index in [0.717, 1.165) is 5.56 Å². The highest BCUT2D eigenvalue weighted by molar-refractivity contribution is 6.14. The van der Waals surface area contributed by atoms with Crippen molar-refractivity contribution in [1.82, 2.24) is 0 Å². The molecule has 2 rings (SSSR count). The van der Waals surface area contributed by atoms with Crippen molar-refractivity contribution in [2.75, 3.05) is 21.3 Å². The monoisotopic (exact) mass is 337 g/mol. The zero-order valence-electron chi connectivity index (χ0n) is 14.6. The van der Waals surface area contributed by atoms with Crippen molar-refractivity contribution < 1.29 is 19.0 Å². The first-order valence-electron chi connectivity index (χ1n) is 7.57. The van der Waals surface area contributed by atoms with Crippen LogP contribution in [-0.4, -0.2) is 27.1 Å². The van der Waals surface area contributed by atoms with E-state index in [1.807, 2.05) is 19.1 Å². The molecule has 0 aliphatic carbocycles. The number of ketones is 1. The third-order valence-corrected chi connectivity index (χ3v) is 3.64. The van der Waals surface area contributed by atoms with Crippen molar-refractivity contribution in [3.63, 3.8) is 0 Å². The number of hydrogen-bond donors (Lipinski definition) is 0. The molecule has 0 fully saturated rings. The van der Waals surface area contributed by atoms with Gasteiger partial charge in [0.2, 0.25) is 11.5 Å². The minimum absolute atomic E-state index is 0.0277. The number of hydrogen-bond acceptors (Lipinski definition) is 5. The Kier molecular flexibility index (Phi) is 5.80. The normalized spacial score (nSPS) is 10.8. The first-order valence-corrected chi connectivity index (χ1v) is 7.57. The van der Waals surface area contributed by atoms with Crippen LogP contribution in [0.4, 0.5) is 0 Å². The fraction of sp³-hybridized carbons (Fsp3) is 0.200. The number of rotatable bonds is 6. The van der Waals surface area contributed by atoms with E-state index in [4.69, 9.17) is 14.2 Å². The number of aryl methyl sites for hydroxylation is 1. The van der Waals surface area contributed by atoms with Crippen molar-refractivity contribution in [2.45, 2.75) is 6.92 Å². The van der Waals surface area contributed by atoms with Gasteiger partial charge < -0.3 is 14.2 Å². The summed E-state index contributed by atoms with van der Waals surface area (Å²) in [6, 6.07) is 12.5. The molecule has 0 heterocycles. The second-order valence-electron chi connectivity index (χ2n) is 5.33. The summed E-state index contributed by atoms with van der Waals surface area (Å²) < 4.78 is 15.9. The molecule has 0 spiro atoms. The highest BCUT2D eigenvalue weighted by Crippen LogP contribution is 2.38. The standard InChI is InChI=1S/C20H19NO4/c1-13-6-5-7-15(8-13)19(22)16(12-21)9-14-10-17(23-2)20(25-4)18(11-14)24-3/h5-11H,1-4H3/b16-9+. The number of methoxy groups -OCH3 is 3. The lowest BCUT2D eigenvalue weighted by atomic mass is 10.0. The number of carbonyl (C=O) groups excluding carboxylic acids is 1. The van der Waals surface area contributed by atoms with Crippen LogP contribution in [0.1, 0.15) is 21.5 Å². The molecule has 0 unspecified atom stereocenters. The number of ether oxygens (including phenoxy) is 3. The average Bonchev–Trinajstić information content (AvgIpc) is 2.64. The smallest absolute Gasteiger partial charge is 0.203 e. The van der Waals surface area contributed by atoms with Crippen LogP contribution in [0, 0.1) is 18.3 Å². The van der Waals surface area contributed by atoms with Crippen molar-refractivity contribution in [2.24, 2.45) is 0 Å². The van der Waals surface area contributed by atoms with E-state index >= 15 is 0 Å². The van der Waals surface area contributed by atoms with Crippen LogP contribution in [0.25, 0.3) is 6.08 Å². The number of allylic oxidation sites excluding steroid dienone is 1. The summed E-state index contributed by atoms with van der Waals surface area (Å²) in [5.74, 6) is 1.02. The van der Waals surface area contributed by atoms with Crippen LogP contribution in [0.5, 0.6) is 17.2 Å². The molecule has 0 bridgehead atoms. The molecule has 25 heavy (non-hydrogen) atoms. The lowest BCUT2D eigenvalue weighted by molar-refractivity contribution is 0.104. The van der Waals surface area contributed by atoms with Gasteiger partial charge in [-0.15, -0.1) is 0 Å².